The largest absolute Gasteiger partial charge is 0.398 e. The molecule has 1 amide bonds. The first-order valence-electron chi connectivity index (χ1n) is 6.32. The van der Waals surface area contributed by atoms with Crippen LogP contribution >= 0.6 is 15.9 Å². The number of carbonyl (C=O) groups excluding carboxylic acids is 1. The highest BCUT2D eigenvalue weighted by molar-refractivity contribution is 9.10. The molecule has 0 saturated carbocycles. The number of anilines is 2. The van der Waals surface area contributed by atoms with Gasteiger partial charge in [-0.1, -0.05) is 28.1 Å². The summed E-state index contributed by atoms with van der Waals surface area (Å²) >= 11 is 3.44. The monoisotopic (exact) mass is 332 g/mol. The lowest BCUT2D eigenvalue weighted by atomic mass is 10.1. The van der Waals surface area contributed by atoms with Gasteiger partial charge in [0.2, 0.25) is 0 Å². The third-order valence-corrected chi connectivity index (χ3v) is 4.15. The van der Waals surface area contributed by atoms with Crippen molar-refractivity contribution in [3.8, 4) is 0 Å². The lowest BCUT2D eigenvalue weighted by molar-refractivity contribution is 0.102. The van der Waals surface area contributed by atoms with E-state index in [1.165, 1.54) is 0 Å². The highest BCUT2D eigenvalue weighted by Gasteiger charge is 2.10. The molecule has 0 aliphatic rings. The standard InChI is InChI=1S/C16H17BrN2O/c1-9-4-5-12(7-13(9)17)16(20)19-15-8-14(18)10(2)6-11(15)3/h4-8H,18H2,1-3H3,(H,19,20). The van der Waals surface area contributed by atoms with Crippen LogP contribution in [0.3, 0.4) is 0 Å². The van der Waals surface area contributed by atoms with Gasteiger partial charge in [0.1, 0.15) is 0 Å². The molecule has 0 spiro atoms. The summed E-state index contributed by atoms with van der Waals surface area (Å²) < 4.78 is 0.922. The van der Waals surface area contributed by atoms with Crippen LogP contribution in [0.4, 0.5) is 11.4 Å². The van der Waals surface area contributed by atoms with Crippen molar-refractivity contribution in [3.63, 3.8) is 0 Å². The van der Waals surface area contributed by atoms with Gasteiger partial charge in [-0.05, 0) is 55.7 Å². The predicted molar refractivity (Wildman–Crippen MR) is 87.2 cm³/mol. The molecule has 2 aromatic rings. The minimum absolute atomic E-state index is 0.142. The van der Waals surface area contributed by atoms with Crippen molar-refractivity contribution in [1.29, 1.82) is 0 Å². The van der Waals surface area contributed by atoms with Crippen LogP contribution < -0.4 is 11.1 Å². The Bertz CT molecular complexity index is 680. The Morgan fingerprint density at radius 3 is 2.40 bits per heavy atom. The number of carbonyl (C=O) groups is 1. The van der Waals surface area contributed by atoms with Crippen LogP contribution in [0.15, 0.2) is 34.8 Å². The van der Waals surface area contributed by atoms with Gasteiger partial charge in [-0.2, -0.15) is 0 Å². The number of amides is 1. The smallest absolute Gasteiger partial charge is 0.255 e. The summed E-state index contributed by atoms with van der Waals surface area (Å²) in [5.41, 5.74) is 11.0. The molecule has 0 bridgehead atoms. The van der Waals surface area contributed by atoms with Crippen LogP contribution in [0.1, 0.15) is 27.0 Å². The highest BCUT2D eigenvalue weighted by Crippen LogP contribution is 2.23. The van der Waals surface area contributed by atoms with E-state index in [1.54, 1.807) is 6.07 Å². The molecule has 0 radical (unpaired) electrons. The molecule has 2 aromatic carbocycles. The van der Waals surface area contributed by atoms with Gasteiger partial charge in [0.05, 0.1) is 0 Å². The van der Waals surface area contributed by atoms with Crippen LogP contribution in [0.25, 0.3) is 0 Å². The molecule has 3 nitrogen and oxygen atoms in total. The fourth-order valence-electron chi connectivity index (χ4n) is 1.93. The number of nitrogens with one attached hydrogen (secondary N) is 1. The SMILES string of the molecule is Cc1cc(C)c(NC(=O)c2ccc(C)c(Br)c2)cc1N. The Balaban J connectivity index is 2.27. The minimum atomic E-state index is -0.142. The van der Waals surface area contributed by atoms with E-state index in [0.717, 1.165) is 26.9 Å². The summed E-state index contributed by atoms with van der Waals surface area (Å²) in [5.74, 6) is -0.142. The van der Waals surface area contributed by atoms with Gasteiger partial charge in [-0.25, -0.2) is 0 Å². The molecule has 0 saturated heterocycles. The lowest BCUT2D eigenvalue weighted by Gasteiger charge is -2.11. The minimum Gasteiger partial charge on any atom is -0.398 e. The third kappa shape index (κ3) is 3.02. The Morgan fingerprint density at radius 2 is 1.75 bits per heavy atom. The number of benzene rings is 2. The third-order valence-electron chi connectivity index (χ3n) is 3.30. The van der Waals surface area contributed by atoms with Crippen LogP contribution in [0.2, 0.25) is 0 Å². The number of rotatable bonds is 2. The summed E-state index contributed by atoms with van der Waals surface area (Å²) in [5, 5.41) is 2.90. The van der Waals surface area contributed by atoms with E-state index in [2.05, 4.69) is 21.2 Å². The van der Waals surface area contributed by atoms with Gasteiger partial charge in [-0.15, -0.1) is 0 Å². The molecule has 2 rings (SSSR count). The predicted octanol–water partition coefficient (Wildman–Crippen LogP) is 4.21. The van der Waals surface area contributed by atoms with Crippen molar-refractivity contribution >= 4 is 33.2 Å². The van der Waals surface area contributed by atoms with Gasteiger partial charge < -0.3 is 11.1 Å². The molecule has 0 fully saturated rings. The first kappa shape index (κ1) is 14.6. The van der Waals surface area contributed by atoms with Crippen LogP contribution in [0.5, 0.6) is 0 Å². The van der Waals surface area contributed by atoms with Crippen molar-refractivity contribution < 1.29 is 4.79 Å². The maximum absolute atomic E-state index is 12.3. The molecule has 104 valence electrons. The summed E-state index contributed by atoms with van der Waals surface area (Å²) in [7, 11) is 0. The van der Waals surface area contributed by atoms with Crippen molar-refractivity contribution in [3.05, 3.63) is 57.1 Å². The number of aryl methyl sites for hydroxylation is 3. The molecule has 0 unspecified atom stereocenters. The first-order chi connectivity index (χ1) is 9.38. The zero-order valence-electron chi connectivity index (χ0n) is 11.8. The highest BCUT2D eigenvalue weighted by atomic mass is 79.9. The molecule has 0 aliphatic heterocycles. The van der Waals surface area contributed by atoms with E-state index in [4.69, 9.17) is 5.73 Å². The van der Waals surface area contributed by atoms with Crippen molar-refractivity contribution in [1.82, 2.24) is 0 Å². The zero-order valence-corrected chi connectivity index (χ0v) is 13.3. The van der Waals surface area contributed by atoms with Gasteiger partial charge >= 0.3 is 0 Å². The number of hydrogen-bond acceptors (Lipinski definition) is 2. The molecule has 20 heavy (non-hydrogen) atoms. The van der Waals surface area contributed by atoms with Gasteiger partial charge in [0, 0.05) is 21.4 Å². The van der Waals surface area contributed by atoms with Crippen LogP contribution in [-0.2, 0) is 0 Å². The number of nitrogen functional groups attached to an aromatic ring is 1. The average Bonchev–Trinajstić information content (AvgIpc) is 2.39. The normalized spacial score (nSPS) is 10.4. The lowest BCUT2D eigenvalue weighted by Crippen LogP contribution is -2.13. The van der Waals surface area contributed by atoms with Gasteiger partial charge in [0.25, 0.3) is 5.91 Å². The quantitative estimate of drug-likeness (QED) is 0.809. The molecule has 0 atom stereocenters. The summed E-state index contributed by atoms with van der Waals surface area (Å²) in [6, 6.07) is 9.30. The Labute approximate surface area is 127 Å². The average molecular weight is 333 g/mol. The van der Waals surface area contributed by atoms with E-state index in [-0.39, 0.29) is 5.91 Å². The molecule has 3 N–H and O–H groups in total. The van der Waals surface area contributed by atoms with Crippen LogP contribution in [-0.4, -0.2) is 5.91 Å². The van der Waals surface area contributed by atoms with E-state index in [0.29, 0.717) is 11.3 Å². The van der Waals surface area contributed by atoms with Crippen LogP contribution in [0, 0.1) is 20.8 Å². The van der Waals surface area contributed by atoms with E-state index in [1.807, 2.05) is 45.0 Å². The van der Waals surface area contributed by atoms with Crippen molar-refractivity contribution in [2.75, 3.05) is 11.1 Å². The molecular formula is C16H17BrN2O. The maximum atomic E-state index is 12.3. The van der Waals surface area contributed by atoms with E-state index >= 15 is 0 Å². The molecule has 0 heterocycles. The number of nitrogens with two attached hydrogens (primary N) is 1. The fraction of sp³-hybridized carbons (Fsp3) is 0.188. The summed E-state index contributed by atoms with van der Waals surface area (Å²) in [6.45, 7) is 5.88. The Hall–Kier alpha value is -1.81. The molecule has 4 heteroatoms. The van der Waals surface area contributed by atoms with Crippen molar-refractivity contribution in [2.45, 2.75) is 20.8 Å². The Kier molecular flexibility index (Phi) is 4.14. The second-order valence-corrected chi connectivity index (χ2v) is 5.80. The van der Waals surface area contributed by atoms with Gasteiger partial charge in [0.15, 0.2) is 0 Å². The number of hydrogen-bond donors (Lipinski definition) is 2. The number of halogens is 1. The maximum Gasteiger partial charge on any atom is 0.255 e. The van der Waals surface area contributed by atoms with Gasteiger partial charge in [-0.3, -0.25) is 4.79 Å². The topological polar surface area (TPSA) is 55.1 Å². The molecule has 0 aromatic heterocycles. The second-order valence-electron chi connectivity index (χ2n) is 4.94. The van der Waals surface area contributed by atoms with E-state index in [9.17, 15) is 4.79 Å². The Morgan fingerprint density at radius 1 is 1.05 bits per heavy atom. The molecular weight excluding hydrogens is 316 g/mol. The van der Waals surface area contributed by atoms with E-state index < -0.39 is 0 Å². The molecule has 0 aliphatic carbocycles. The zero-order chi connectivity index (χ0) is 14.9. The summed E-state index contributed by atoms with van der Waals surface area (Å²) in [6.07, 6.45) is 0. The fourth-order valence-corrected chi connectivity index (χ4v) is 2.31. The first-order valence-corrected chi connectivity index (χ1v) is 7.12. The summed E-state index contributed by atoms with van der Waals surface area (Å²) in [4.78, 5) is 12.3. The van der Waals surface area contributed by atoms with Crippen molar-refractivity contribution in [2.24, 2.45) is 0 Å². The second kappa shape index (κ2) is 5.67.